The molecular formula is C8H7F3N2O2. The van der Waals surface area contributed by atoms with E-state index in [1.807, 2.05) is 0 Å². The molecule has 1 rings (SSSR count). The zero-order valence-electron chi connectivity index (χ0n) is 7.30. The SMILES string of the molecule is Nc1cc(C(=O)O)c(C(F)(F)F)cc1N. The van der Waals surface area contributed by atoms with Crippen LogP contribution >= 0.6 is 0 Å². The molecule has 0 saturated heterocycles. The summed E-state index contributed by atoms with van der Waals surface area (Å²) >= 11 is 0. The molecule has 0 aliphatic carbocycles. The largest absolute Gasteiger partial charge is 0.478 e. The van der Waals surface area contributed by atoms with Crippen molar-refractivity contribution in [1.82, 2.24) is 0 Å². The number of carboxylic acids is 1. The van der Waals surface area contributed by atoms with Crippen molar-refractivity contribution in [2.45, 2.75) is 6.18 Å². The first-order valence-electron chi connectivity index (χ1n) is 3.73. The predicted octanol–water partition coefficient (Wildman–Crippen LogP) is 1.57. The van der Waals surface area contributed by atoms with E-state index in [2.05, 4.69) is 0 Å². The van der Waals surface area contributed by atoms with E-state index < -0.39 is 23.3 Å². The van der Waals surface area contributed by atoms with Crippen molar-refractivity contribution in [3.63, 3.8) is 0 Å². The molecule has 0 aliphatic rings. The van der Waals surface area contributed by atoms with Gasteiger partial charge in [0.25, 0.3) is 0 Å². The number of benzene rings is 1. The van der Waals surface area contributed by atoms with Gasteiger partial charge in [-0.25, -0.2) is 4.79 Å². The Bertz CT molecular complexity index is 415. The molecule has 0 fully saturated rings. The molecule has 0 amide bonds. The normalized spacial score (nSPS) is 11.4. The first-order chi connectivity index (χ1) is 6.73. The monoisotopic (exact) mass is 220 g/mol. The molecule has 0 heterocycles. The van der Waals surface area contributed by atoms with Crippen LogP contribution in [0.25, 0.3) is 0 Å². The second kappa shape index (κ2) is 3.34. The summed E-state index contributed by atoms with van der Waals surface area (Å²) < 4.78 is 37.1. The Morgan fingerprint density at radius 1 is 1.20 bits per heavy atom. The Morgan fingerprint density at radius 3 is 2.07 bits per heavy atom. The lowest BCUT2D eigenvalue weighted by atomic mass is 10.0. The summed E-state index contributed by atoms with van der Waals surface area (Å²) in [6, 6.07) is 1.21. The lowest BCUT2D eigenvalue weighted by molar-refractivity contribution is -0.138. The molecule has 0 saturated carbocycles. The van der Waals surface area contributed by atoms with Crippen molar-refractivity contribution in [3.05, 3.63) is 23.3 Å². The highest BCUT2D eigenvalue weighted by molar-refractivity contribution is 5.92. The summed E-state index contributed by atoms with van der Waals surface area (Å²) in [6.45, 7) is 0. The van der Waals surface area contributed by atoms with Gasteiger partial charge in [-0.05, 0) is 12.1 Å². The van der Waals surface area contributed by atoms with Crippen LogP contribution in [0.4, 0.5) is 24.5 Å². The van der Waals surface area contributed by atoms with Gasteiger partial charge >= 0.3 is 12.1 Å². The van der Waals surface area contributed by atoms with Crippen LogP contribution in [0, 0.1) is 0 Å². The fourth-order valence-corrected chi connectivity index (χ4v) is 1.04. The summed E-state index contributed by atoms with van der Waals surface area (Å²) in [7, 11) is 0. The number of rotatable bonds is 1. The van der Waals surface area contributed by atoms with E-state index in [4.69, 9.17) is 16.6 Å². The molecule has 4 nitrogen and oxygen atoms in total. The van der Waals surface area contributed by atoms with Gasteiger partial charge in [-0.2, -0.15) is 13.2 Å². The number of alkyl halides is 3. The van der Waals surface area contributed by atoms with Gasteiger partial charge in [0.15, 0.2) is 0 Å². The highest BCUT2D eigenvalue weighted by Crippen LogP contribution is 2.35. The zero-order chi connectivity index (χ0) is 11.8. The van der Waals surface area contributed by atoms with E-state index in [1.54, 1.807) is 0 Å². The zero-order valence-corrected chi connectivity index (χ0v) is 7.30. The van der Waals surface area contributed by atoms with Crippen LogP contribution in [0.1, 0.15) is 15.9 Å². The second-order valence-corrected chi connectivity index (χ2v) is 2.83. The summed E-state index contributed by atoms with van der Waals surface area (Å²) in [5.41, 5.74) is 7.68. The number of halogens is 3. The maximum absolute atomic E-state index is 12.4. The number of nitrogens with two attached hydrogens (primary N) is 2. The number of hydrogen-bond acceptors (Lipinski definition) is 3. The Balaban J connectivity index is 3.49. The average molecular weight is 220 g/mol. The number of anilines is 2. The van der Waals surface area contributed by atoms with Crippen LogP contribution in [0.15, 0.2) is 12.1 Å². The first-order valence-corrected chi connectivity index (χ1v) is 3.73. The van der Waals surface area contributed by atoms with Gasteiger partial charge in [0.2, 0.25) is 0 Å². The van der Waals surface area contributed by atoms with E-state index in [0.29, 0.717) is 12.1 Å². The van der Waals surface area contributed by atoms with E-state index >= 15 is 0 Å². The van der Waals surface area contributed by atoms with Gasteiger partial charge in [-0.15, -0.1) is 0 Å². The predicted molar refractivity (Wildman–Crippen MR) is 47.2 cm³/mol. The van der Waals surface area contributed by atoms with Crippen LogP contribution in [0.5, 0.6) is 0 Å². The minimum absolute atomic E-state index is 0.194. The molecule has 15 heavy (non-hydrogen) atoms. The lowest BCUT2D eigenvalue weighted by Crippen LogP contribution is -2.14. The quantitative estimate of drug-likeness (QED) is 0.626. The summed E-state index contributed by atoms with van der Waals surface area (Å²) in [5.74, 6) is -1.70. The van der Waals surface area contributed by atoms with Crippen molar-refractivity contribution in [1.29, 1.82) is 0 Å². The minimum Gasteiger partial charge on any atom is -0.478 e. The van der Waals surface area contributed by atoms with Crippen molar-refractivity contribution < 1.29 is 23.1 Å². The molecule has 0 spiro atoms. The van der Waals surface area contributed by atoms with Crippen molar-refractivity contribution >= 4 is 17.3 Å². The summed E-state index contributed by atoms with van der Waals surface area (Å²) in [6.07, 6.45) is -4.77. The van der Waals surface area contributed by atoms with Gasteiger partial charge in [0, 0.05) is 0 Å². The second-order valence-electron chi connectivity index (χ2n) is 2.83. The summed E-state index contributed by atoms with van der Waals surface area (Å²) in [4.78, 5) is 10.5. The molecule has 0 aromatic heterocycles. The fraction of sp³-hybridized carbons (Fsp3) is 0.125. The molecule has 1 aromatic carbocycles. The smallest absolute Gasteiger partial charge is 0.417 e. The third-order valence-corrected chi connectivity index (χ3v) is 1.76. The Morgan fingerprint density at radius 2 is 1.67 bits per heavy atom. The Labute approximate surface area is 82.3 Å². The topological polar surface area (TPSA) is 89.3 Å². The van der Waals surface area contributed by atoms with Crippen LogP contribution in [-0.2, 0) is 6.18 Å². The van der Waals surface area contributed by atoms with E-state index in [0.717, 1.165) is 0 Å². The third-order valence-electron chi connectivity index (χ3n) is 1.76. The van der Waals surface area contributed by atoms with E-state index in [9.17, 15) is 18.0 Å². The summed E-state index contributed by atoms with van der Waals surface area (Å²) in [5, 5.41) is 8.55. The standard InChI is InChI=1S/C8H7F3N2O2/c9-8(10,11)4-2-6(13)5(12)1-3(4)7(14)15/h1-2H,12-13H2,(H,14,15). The Hall–Kier alpha value is -1.92. The van der Waals surface area contributed by atoms with Gasteiger partial charge in [-0.3, -0.25) is 0 Å². The molecule has 0 radical (unpaired) electrons. The van der Waals surface area contributed by atoms with E-state index in [-0.39, 0.29) is 11.4 Å². The highest BCUT2D eigenvalue weighted by Gasteiger charge is 2.35. The maximum atomic E-state index is 12.4. The number of hydrogen-bond donors (Lipinski definition) is 3. The molecule has 82 valence electrons. The Kier molecular flexibility index (Phi) is 2.48. The van der Waals surface area contributed by atoms with Crippen molar-refractivity contribution in [3.8, 4) is 0 Å². The van der Waals surface area contributed by atoms with Crippen molar-refractivity contribution in [2.75, 3.05) is 11.5 Å². The van der Waals surface area contributed by atoms with Crippen molar-refractivity contribution in [2.24, 2.45) is 0 Å². The van der Waals surface area contributed by atoms with Gasteiger partial charge in [-0.1, -0.05) is 0 Å². The molecule has 0 unspecified atom stereocenters. The number of nitrogen functional groups attached to an aromatic ring is 2. The van der Waals surface area contributed by atoms with Gasteiger partial charge in [0.1, 0.15) is 0 Å². The van der Waals surface area contributed by atoms with Gasteiger partial charge < -0.3 is 16.6 Å². The lowest BCUT2D eigenvalue weighted by Gasteiger charge is -2.12. The molecule has 0 aliphatic heterocycles. The first kappa shape index (κ1) is 11.2. The number of carbonyl (C=O) groups is 1. The number of aromatic carboxylic acids is 1. The van der Waals surface area contributed by atoms with Gasteiger partial charge in [0.05, 0.1) is 22.5 Å². The number of carboxylic acid groups (broad SMARTS) is 1. The molecule has 0 atom stereocenters. The molecule has 5 N–H and O–H groups in total. The fourth-order valence-electron chi connectivity index (χ4n) is 1.04. The van der Waals surface area contributed by atoms with Crippen LogP contribution in [0.2, 0.25) is 0 Å². The average Bonchev–Trinajstić information content (AvgIpc) is 2.06. The van der Waals surface area contributed by atoms with Crippen LogP contribution < -0.4 is 11.5 Å². The highest BCUT2D eigenvalue weighted by atomic mass is 19.4. The maximum Gasteiger partial charge on any atom is 0.417 e. The molecule has 7 heteroatoms. The van der Waals surface area contributed by atoms with Crippen LogP contribution in [0.3, 0.4) is 0 Å². The van der Waals surface area contributed by atoms with Crippen LogP contribution in [-0.4, -0.2) is 11.1 Å². The molecule has 0 bridgehead atoms. The van der Waals surface area contributed by atoms with E-state index in [1.165, 1.54) is 0 Å². The third kappa shape index (κ3) is 2.12. The molecular weight excluding hydrogens is 213 g/mol. The minimum atomic E-state index is -4.77. The molecule has 1 aromatic rings.